The molecule has 4 nitrogen and oxygen atoms in total. The monoisotopic (exact) mass is 322 g/mol. The summed E-state index contributed by atoms with van der Waals surface area (Å²) in [7, 11) is 0. The highest BCUT2D eigenvalue weighted by atomic mass is 35.5. The largest absolute Gasteiger partial charge is 0.478 e. The molecule has 0 bridgehead atoms. The summed E-state index contributed by atoms with van der Waals surface area (Å²) < 4.78 is 0. The summed E-state index contributed by atoms with van der Waals surface area (Å²) >= 11 is 11.3. The lowest BCUT2D eigenvalue weighted by Gasteiger charge is -1.99. The second-order valence-corrected chi connectivity index (χ2v) is 5.12. The van der Waals surface area contributed by atoms with Crippen molar-refractivity contribution in [2.45, 2.75) is 0 Å². The minimum Gasteiger partial charge on any atom is -0.478 e. The number of carboxylic acids is 1. The van der Waals surface area contributed by atoms with Gasteiger partial charge in [-0.05, 0) is 42.5 Å². The molecule has 1 heterocycles. The van der Waals surface area contributed by atoms with Gasteiger partial charge in [0.05, 0.1) is 5.56 Å². The summed E-state index contributed by atoms with van der Waals surface area (Å²) in [5.74, 6) is -1.06. The van der Waals surface area contributed by atoms with E-state index in [1.807, 2.05) is 30.5 Å². The first kappa shape index (κ1) is 15.2. The lowest BCUT2D eigenvalue weighted by molar-refractivity contribution is 0.0698. The fourth-order valence-corrected chi connectivity index (χ4v) is 2.09. The Hall–Kier alpha value is -2.17. The molecule has 0 aliphatic carbocycles. The Labute approximate surface area is 131 Å². The van der Waals surface area contributed by atoms with Crippen LogP contribution in [-0.2, 0) is 0 Å². The van der Waals surface area contributed by atoms with E-state index in [1.54, 1.807) is 6.07 Å². The SMILES string of the molecule is Clc1ccc2[nH]ccc2c1.Nc1ccc(Cl)cc1C(=O)O. The highest BCUT2D eigenvalue weighted by molar-refractivity contribution is 6.31. The lowest BCUT2D eigenvalue weighted by atomic mass is 10.2. The van der Waals surface area contributed by atoms with Crippen molar-refractivity contribution < 1.29 is 9.90 Å². The molecule has 108 valence electrons. The molecule has 0 spiro atoms. The van der Waals surface area contributed by atoms with Crippen molar-refractivity contribution in [3.8, 4) is 0 Å². The molecule has 0 saturated heterocycles. The predicted octanol–water partition coefficient (Wildman–Crippen LogP) is 4.44. The molecule has 0 saturated carbocycles. The molecular weight excluding hydrogens is 311 g/mol. The summed E-state index contributed by atoms with van der Waals surface area (Å²) in [6.07, 6.45) is 1.90. The topological polar surface area (TPSA) is 79.1 Å². The maximum atomic E-state index is 10.4. The molecule has 21 heavy (non-hydrogen) atoms. The fourth-order valence-electron chi connectivity index (χ4n) is 1.74. The number of rotatable bonds is 1. The van der Waals surface area contributed by atoms with Crippen molar-refractivity contribution in [2.75, 3.05) is 5.73 Å². The Morgan fingerprint density at radius 3 is 2.38 bits per heavy atom. The Morgan fingerprint density at radius 1 is 1.05 bits per heavy atom. The van der Waals surface area contributed by atoms with Crippen molar-refractivity contribution in [2.24, 2.45) is 0 Å². The number of carbonyl (C=O) groups is 1. The summed E-state index contributed by atoms with van der Waals surface area (Å²) in [6.45, 7) is 0. The number of benzene rings is 2. The molecule has 3 aromatic rings. The van der Waals surface area contributed by atoms with E-state index in [1.165, 1.54) is 12.1 Å². The van der Waals surface area contributed by atoms with Crippen LogP contribution in [0.5, 0.6) is 0 Å². The summed E-state index contributed by atoms with van der Waals surface area (Å²) in [6, 6.07) is 12.1. The predicted molar refractivity (Wildman–Crippen MR) is 86.1 cm³/mol. The third-order valence-electron chi connectivity index (χ3n) is 2.76. The van der Waals surface area contributed by atoms with E-state index in [0.717, 1.165) is 15.9 Å². The second-order valence-electron chi connectivity index (χ2n) is 4.25. The maximum absolute atomic E-state index is 10.4. The average Bonchev–Trinajstić information content (AvgIpc) is 2.89. The zero-order chi connectivity index (χ0) is 15.4. The van der Waals surface area contributed by atoms with Crippen LogP contribution < -0.4 is 5.73 Å². The first-order chi connectivity index (χ1) is 9.97. The van der Waals surface area contributed by atoms with E-state index < -0.39 is 5.97 Å². The molecule has 0 fully saturated rings. The van der Waals surface area contributed by atoms with Crippen molar-refractivity contribution in [1.82, 2.24) is 4.98 Å². The average molecular weight is 323 g/mol. The number of hydrogen-bond acceptors (Lipinski definition) is 2. The number of nitrogens with one attached hydrogen (secondary N) is 1. The Kier molecular flexibility index (Phi) is 4.73. The molecule has 1 aromatic heterocycles. The molecule has 2 aromatic carbocycles. The van der Waals surface area contributed by atoms with E-state index in [4.69, 9.17) is 34.0 Å². The minimum atomic E-state index is -1.06. The van der Waals surface area contributed by atoms with Gasteiger partial charge in [0.1, 0.15) is 0 Å². The number of carboxylic acid groups (broad SMARTS) is 1. The van der Waals surface area contributed by atoms with Gasteiger partial charge < -0.3 is 15.8 Å². The van der Waals surface area contributed by atoms with Gasteiger partial charge in [0.25, 0.3) is 0 Å². The third kappa shape index (κ3) is 3.90. The summed E-state index contributed by atoms with van der Waals surface area (Å²) in [4.78, 5) is 13.5. The van der Waals surface area contributed by atoms with Crippen LogP contribution in [0, 0.1) is 0 Å². The number of nitrogen functional groups attached to an aromatic ring is 1. The van der Waals surface area contributed by atoms with Gasteiger partial charge in [-0.2, -0.15) is 0 Å². The number of aromatic amines is 1. The fraction of sp³-hybridized carbons (Fsp3) is 0. The third-order valence-corrected chi connectivity index (χ3v) is 3.23. The van der Waals surface area contributed by atoms with Gasteiger partial charge in [0.15, 0.2) is 0 Å². The summed E-state index contributed by atoms with van der Waals surface area (Å²) in [5, 5.41) is 10.9. The Balaban J connectivity index is 0.000000154. The van der Waals surface area contributed by atoms with E-state index in [2.05, 4.69) is 4.98 Å². The van der Waals surface area contributed by atoms with Gasteiger partial charge in [-0.3, -0.25) is 0 Å². The standard InChI is InChI=1S/C8H6ClN.C7H6ClNO2/c9-7-1-2-8-6(5-7)3-4-10-8;8-4-1-2-6(9)5(3-4)7(10)11/h1-5,10H;1-3H,9H2,(H,10,11). The molecule has 0 aliphatic rings. The van der Waals surface area contributed by atoms with Gasteiger partial charge >= 0.3 is 5.97 Å². The molecule has 3 rings (SSSR count). The highest BCUT2D eigenvalue weighted by Gasteiger charge is 2.06. The lowest BCUT2D eigenvalue weighted by Crippen LogP contribution is -2.01. The molecule has 0 amide bonds. The number of aromatic carboxylic acids is 1. The van der Waals surface area contributed by atoms with Gasteiger partial charge in [0, 0.05) is 32.8 Å². The van der Waals surface area contributed by atoms with Crippen LogP contribution in [0.25, 0.3) is 10.9 Å². The number of fused-ring (bicyclic) bond motifs is 1. The van der Waals surface area contributed by atoms with Crippen LogP contribution in [0.15, 0.2) is 48.7 Å². The molecule has 0 unspecified atom stereocenters. The number of hydrogen-bond donors (Lipinski definition) is 3. The number of halogens is 2. The highest BCUT2D eigenvalue weighted by Crippen LogP contribution is 2.18. The smallest absolute Gasteiger partial charge is 0.337 e. The molecular formula is C15H12Cl2N2O2. The van der Waals surface area contributed by atoms with Crippen LogP contribution in [0.4, 0.5) is 5.69 Å². The van der Waals surface area contributed by atoms with E-state index in [-0.39, 0.29) is 11.3 Å². The number of H-pyrrole nitrogens is 1. The van der Waals surface area contributed by atoms with E-state index in [9.17, 15) is 4.79 Å². The zero-order valence-electron chi connectivity index (χ0n) is 10.8. The first-order valence-corrected chi connectivity index (χ1v) is 6.74. The quantitative estimate of drug-likeness (QED) is 0.579. The molecule has 0 aliphatic heterocycles. The van der Waals surface area contributed by atoms with Crippen LogP contribution in [0.2, 0.25) is 10.0 Å². The van der Waals surface area contributed by atoms with E-state index in [0.29, 0.717) is 5.02 Å². The van der Waals surface area contributed by atoms with Crippen molar-refractivity contribution >= 4 is 45.8 Å². The van der Waals surface area contributed by atoms with Gasteiger partial charge in [-0.1, -0.05) is 23.2 Å². The normalized spacial score (nSPS) is 10.0. The number of nitrogens with two attached hydrogens (primary N) is 1. The molecule has 6 heteroatoms. The maximum Gasteiger partial charge on any atom is 0.337 e. The van der Waals surface area contributed by atoms with Gasteiger partial charge in [0.2, 0.25) is 0 Å². The molecule has 0 atom stereocenters. The number of anilines is 1. The van der Waals surface area contributed by atoms with Crippen molar-refractivity contribution in [3.05, 3.63) is 64.3 Å². The van der Waals surface area contributed by atoms with Crippen LogP contribution in [0.3, 0.4) is 0 Å². The van der Waals surface area contributed by atoms with Gasteiger partial charge in [-0.25, -0.2) is 4.79 Å². The summed E-state index contributed by atoms with van der Waals surface area (Å²) in [5.41, 5.74) is 6.74. The van der Waals surface area contributed by atoms with Crippen LogP contribution in [-0.4, -0.2) is 16.1 Å². The zero-order valence-corrected chi connectivity index (χ0v) is 12.3. The minimum absolute atomic E-state index is 0.0394. The first-order valence-electron chi connectivity index (χ1n) is 5.98. The van der Waals surface area contributed by atoms with Crippen LogP contribution in [0.1, 0.15) is 10.4 Å². The Morgan fingerprint density at radius 2 is 1.71 bits per heavy atom. The Bertz CT molecular complexity index is 784. The van der Waals surface area contributed by atoms with Crippen LogP contribution >= 0.6 is 23.2 Å². The molecule has 4 N–H and O–H groups in total. The number of aromatic nitrogens is 1. The molecule has 0 radical (unpaired) electrons. The van der Waals surface area contributed by atoms with E-state index >= 15 is 0 Å². The van der Waals surface area contributed by atoms with Crippen molar-refractivity contribution in [3.63, 3.8) is 0 Å². The second kappa shape index (κ2) is 6.52. The van der Waals surface area contributed by atoms with Crippen molar-refractivity contribution in [1.29, 1.82) is 0 Å². The van der Waals surface area contributed by atoms with Gasteiger partial charge in [-0.15, -0.1) is 0 Å².